The summed E-state index contributed by atoms with van der Waals surface area (Å²) < 4.78 is 21.5. The molecule has 0 atom stereocenters. The van der Waals surface area contributed by atoms with Gasteiger partial charge in [-0.15, -0.1) is 0 Å². The second kappa shape index (κ2) is 6.61. The van der Waals surface area contributed by atoms with Crippen LogP contribution in [0.5, 0.6) is 5.75 Å². The molecule has 0 unspecified atom stereocenters. The molecule has 0 radical (unpaired) electrons. The Bertz CT molecular complexity index is 959. The average Bonchev–Trinajstić information content (AvgIpc) is 2.82. The first-order chi connectivity index (χ1) is 11.4. The van der Waals surface area contributed by atoms with E-state index in [0.717, 1.165) is 26.6 Å². The Morgan fingerprint density at radius 1 is 1.17 bits per heavy atom. The maximum atomic E-state index is 13.4. The van der Waals surface area contributed by atoms with Gasteiger partial charge in [0.2, 0.25) is 0 Å². The van der Waals surface area contributed by atoms with Crippen molar-refractivity contribution in [3.05, 3.63) is 64.0 Å². The predicted molar refractivity (Wildman–Crippen MR) is 97.3 cm³/mol. The van der Waals surface area contributed by atoms with Crippen LogP contribution in [0.3, 0.4) is 0 Å². The first-order valence-electron chi connectivity index (χ1n) is 7.35. The Morgan fingerprint density at radius 2 is 1.96 bits per heavy atom. The van der Waals surface area contributed by atoms with E-state index in [2.05, 4.69) is 15.9 Å². The number of aryl methyl sites for hydroxylation is 1. The summed E-state index contributed by atoms with van der Waals surface area (Å²) in [4.78, 5) is 11.2. The van der Waals surface area contributed by atoms with Crippen molar-refractivity contribution in [1.82, 2.24) is 4.57 Å². The lowest BCUT2D eigenvalue weighted by atomic mass is 10.1. The van der Waals surface area contributed by atoms with Crippen LogP contribution in [0.1, 0.15) is 18.2 Å². The van der Waals surface area contributed by atoms with E-state index in [4.69, 9.17) is 4.74 Å². The van der Waals surface area contributed by atoms with Gasteiger partial charge in [0.25, 0.3) is 0 Å². The molecule has 1 heterocycles. The minimum atomic E-state index is -0.368. The van der Waals surface area contributed by atoms with Gasteiger partial charge in [0.05, 0.1) is 0 Å². The van der Waals surface area contributed by atoms with Gasteiger partial charge in [0.1, 0.15) is 11.6 Å². The highest BCUT2D eigenvalue weighted by Gasteiger charge is 2.07. The van der Waals surface area contributed by atoms with Crippen molar-refractivity contribution in [1.29, 1.82) is 0 Å². The Kier molecular flexibility index (Phi) is 4.53. The zero-order valence-corrected chi connectivity index (χ0v) is 14.8. The van der Waals surface area contributed by atoms with Crippen molar-refractivity contribution in [2.75, 3.05) is 0 Å². The lowest BCUT2D eigenvalue weighted by Gasteiger charge is -2.06. The molecule has 0 amide bonds. The van der Waals surface area contributed by atoms with Gasteiger partial charge >= 0.3 is 5.97 Å². The maximum Gasteiger partial charge on any atom is 0.308 e. The summed E-state index contributed by atoms with van der Waals surface area (Å²) in [6.45, 7) is 1.37. The third kappa shape index (κ3) is 3.41. The Labute approximate surface area is 147 Å². The molecule has 0 fully saturated rings. The first kappa shape index (κ1) is 16.5. The lowest BCUT2D eigenvalue weighted by molar-refractivity contribution is -0.131. The summed E-state index contributed by atoms with van der Waals surface area (Å²) in [5.74, 6) is -0.133. The van der Waals surface area contributed by atoms with Crippen molar-refractivity contribution in [2.24, 2.45) is 7.05 Å². The molecule has 1 aromatic heterocycles. The molecule has 0 N–H and O–H groups in total. The number of nitrogens with zero attached hydrogens (tertiary/aromatic N) is 1. The summed E-state index contributed by atoms with van der Waals surface area (Å²) in [7, 11) is 1.92. The molecule has 5 heteroatoms. The van der Waals surface area contributed by atoms with Crippen LogP contribution in [0.2, 0.25) is 0 Å². The molecular weight excluding hydrogens is 373 g/mol. The molecule has 0 saturated heterocycles. The smallest absolute Gasteiger partial charge is 0.308 e. The summed E-state index contributed by atoms with van der Waals surface area (Å²) in [6, 6.07) is 12.1. The quantitative estimate of drug-likeness (QED) is 0.458. The number of fused-ring (bicyclic) bond motifs is 1. The number of carbonyl (C=O) groups excluding carboxylic acids is 1. The highest BCUT2D eigenvalue weighted by Crippen LogP contribution is 2.27. The zero-order chi connectivity index (χ0) is 17.3. The molecule has 0 aliphatic carbocycles. The van der Waals surface area contributed by atoms with Crippen LogP contribution in [0.4, 0.5) is 4.39 Å². The molecule has 0 spiro atoms. The largest absolute Gasteiger partial charge is 0.426 e. The Hall–Kier alpha value is -2.40. The Morgan fingerprint density at radius 3 is 2.71 bits per heavy atom. The maximum absolute atomic E-state index is 13.4. The van der Waals surface area contributed by atoms with E-state index in [0.29, 0.717) is 5.75 Å². The molecule has 3 aromatic rings. The number of hydrogen-bond donors (Lipinski definition) is 0. The molecule has 2 aromatic carbocycles. The van der Waals surface area contributed by atoms with Crippen LogP contribution in [0, 0.1) is 5.82 Å². The lowest BCUT2D eigenvalue weighted by Crippen LogP contribution is -2.02. The van der Waals surface area contributed by atoms with Gasteiger partial charge in [-0.2, -0.15) is 0 Å². The number of aromatic nitrogens is 1. The molecule has 3 rings (SSSR count). The third-order valence-corrected chi connectivity index (χ3v) is 4.19. The number of benzene rings is 2. The molecule has 0 aliphatic heterocycles. The Balaban J connectivity index is 2.00. The number of esters is 1. The summed E-state index contributed by atoms with van der Waals surface area (Å²) in [6.07, 6.45) is 3.78. The molecule has 0 bridgehead atoms. The molecule has 0 aliphatic rings. The van der Waals surface area contributed by atoms with Crippen LogP contribution in [-0.2, 0) is 11.8 Å². The van der Waals surface area contributed by atoms with Gasteiger partial charge in [-0.3, -0.25) is 4.79 Å². The second-order valence-corrected chi connectivity index (χ2v) is 6.36. The van der Waals surface area contributed by atoms with E-state index in [9.17, 15) is 9.18 Å². The number of halogens is 2. The van der Waals surface area contributed by atoms with E-state index < -0.39 is 0 Å². The number of ether oxygens (including phenoxy) is 1. The fourth-order valence-corrected chi connectivity index (χ4v) is 2.95. The molecular formula is C19H15BrFNO2. The minimum absolute atomic E-state index is 0.257. The van der Waals surface area contributed by atoms with E-state index in [1.807, 2.05) is 42.0 Å². The third-order valence-electron chi connectivity index (χ3n) is 3.70. The van der Waals surface area contributed by atoms with Gasteiger partial charge in [-0.25, -0.2) is 4.39 Å². The van der Waals surface area contributed by atoms with Gasteiger partial charge in [0, 0.05) is 40.6 Å². The summed E-state index contributed by atoms with van der Waals surface area (Å²) >= 11 is 3.42. The topological polar surface area (TPSA) is 31.2 Å². The summed E-state index contributed by atoms with van der Waals surface area (Å²) in [5, 5.41) is 0.839. The van der Waals surface area contributed by atoms with Crippen molar-refractivity contribution >= 4 is 45.0 Å². The molecule has 122 valence electrons. The van der Waals surface area contributed by atoms with E-state index in [1.165, 1.54) is 19.1 Å². The highest BCUT2D eigenvalue weighted by atomic mass is 79.9. The summed E-state index contributed by atoms with van der Waals surface area (Å²) in [5.41, 5.74) is 2.64. The van der Waals surface area contributed by atoms with Crippen molar-refractivity contribution < 1.29 is 13.9 Å². The average molecular weight is 388 g/mol. The van der Waals surface area contributed by atoms with Crippen LogP contribution < -0.4 is 4.74 Å². The minimum Gasteiger partial charge on any atom is -0.426 e. The standard InChI is InChI=1S/C19H15BrFNO2/c1-12(23)24-19-8-4-15(20)9-13(19)3-6-17-11-14-10-16(21)5-7-18(14)22(17)2/h3-11H,1-2H3. The van der Waals surface area contributed by atoms with Crippen LogP contribution >= 0.6 is 15.9 Å². The second-order valence-electron chi connectivity index (χ2n) is 5.44. The number of carbonyl (C=O) groups is 1. The fourth-order valence-electron chi connectivity index (χ4n) is 2.57. The predicted octanol–water partition coefficient (Wildman–Crippen LogP) is 5.18. The molecule has 3 nitrogen and oxygen atoms in total. The zero-order valence-electron chi connectivity index (χ0n) is 13.2. The van der Waals surface area contributed by atoms with Crippen LogP contribution in [-0.4, -0.2) is 10.5 Å². The van der Waals surface area contributed by atoms with E-state index in [1.54, 1.807) is 12.1 Å². The normalized spacial score (nSPS) is 11.3. The van der Waals surface area contributed by atoms with Gasteiger partial charge in [0.15, 0.2) is 0 Å². The SMILES string of the molecule is CC(=O)Oc1ccc(Br)cc1C=Cc1cc2cc(F)ccc2n1C. The van der Waals surface area contributed by atoms with E-state index >= 15 is 0 Å². The van der Waals surface area contributed by atoms with Crippen LogP contribution in [0.25, 0.3) is 23.1 Å². The monoisotopic (exact) mass is 387 g/mol. The molecule has 24 heavy (non-hydrogen) atoms. The van der Waals surface area contributed by atoms with Crippen LogP contribution in [0.15, 0.2) is 46.9 Å². The van der Waals surface area contributed by atoms with Crippen molar-refractivity contribution in [2.45, 2.75) is 6.92 Å². The number of hydrogen-bond acceptors (Lipinski definition) is 2. The van der Waals surface area contributed by atoms with Crippen molar-refractivity contribution in [3.63, 3.8) is 0 Å². The van der Waals surface area contributed by atoms with Gasteiger partial charge in [-0.05, 0) is 54.6 Å². The highest BCUT2D eigenvalue weighted by molar-refractivity contribution is 9.10. The van der Waals surface area contributed by atoms with Crippen molar-refractivity contribution in [3.8, 4) is 5.75 Å². The van der Waals surface area contributed by atoms with Gasteiger partial charge < -0.3 is 9.30 Å². The van der Waals surface area contributed by atoms with Gasteiger partial charge in [-0.1, -0.05) is 15.9 Å². The first-order valence-corrected chi connectivity index (χ1v) is 8.14. The number of rotatable bonds is 3. The van der Waals surface area contributed by atoms with E-state index in [-0.39, 0.29) is 11.8 Å². The molecule has 0 saturated carbocycles. The fraction of sp³-hybridized carbons (Fsp3) is 0.105.